The number of hydrogen-bond donors (Lipinski definition) is 1. The molecule has 6 nitrogen and oxygen atoms in total. The zero-order valence-electron chi connectivity index (χ0n) is 19.4. The third-order valence-electron chi connectivity index (χ3n) is 7.62. The standard InChI is InChI=1S/C26H35N5O/c1-19-9-10-22(32)16-23(19)24-17-27-31-13-11-25(28-26(24)31)29(2)14-15-30-12-5-8-20-6-3-4-7-21(20)18-30/h9-11,13,16-17,20-21,32H,3-8,12,14-15,18H2,1-2H3. The SMILES string of the molecule is Cc1ccc(O)cc1-c1cnn2ccc(N(C)CCN3CCCC4CCCCC4C3)nc12. The van der Waals surface area contributed by atoms with E-state index in [0.29, 0.717) is 0 Å². The Bertz CT molecular complexity index is 1080. The van der Waals surface area contributed by atoms with Gasteiger partial charge in [0.05, 0.1) is 6.20 Å². The van der Waals surface area contributed by atoms with E-state index in [-0.39, 0.29) is 5.75 Å². The van der Waals surface area contributed by atoms with Gasteiger partial charge in [-0.15, -0.1) is 0 Å². The fourth-order valence-corrected chi connectivity index (χ4v) is 5.68. The van der Waals surface area contributed by atoms with Gasteiger partial charge in [0.15, 0.2) is 5.65 Å². The average molecular weight is 434 g/mol. The number of hydrogen-bond acceptors (Lipinski definition) is 5. The molecule has 3 aromatic rings. The van der Waals surface area contributed by atoms with E-state index < -0.39 is 0 Å². The minimum atomic E-state index is 0.260. The highest BCUT2D eigenvalue weighted by Crippen LogP contribution is 2.36. The highest BCUT2D eigenvalue weighted by atomic mass is 16.3. The van der Waals surface area contributed by atoms with Gasteiger partial charge in [0, 0.05) is 38.4 Å². The third-order valence-corrected chi connectivity index (χ3v) is 7.62. The number of fused-ring (bicyclic) bond motifs is 2. The number of rotatable bonds is 5. The van der Waals surface area contributed by atoms with Crippen molar-refractivity contribution in [2.45, 2.75) is 45.4 Å². The largest absolute Gasteiger partial charge is 0.508 e. The molecule has 2 unspecified atom stereocenters. The third kappa shape index (κ3) is 4.33. The van der Waals surface area contributed by atoms with Gasteiger partial charge < -0.3 is 14.9 Å². The van der Waals surface area contributed by atoms with Crippen LogP contribution >= 0.6 is 0 Å². The fraction of sp³-hybridized carbons (Fsp3) is 0.538. The molecule has 0 bridgehead atoms. The predicted octanol–water partition coefficient (Wildman–Crippen LogP) is 4.75. The second kappa shape index (κ2) is 9.10. The van der Waals surface area contributed by atoms with Crippen molar-refractivity contribution in [3.8, 4) is 16.9 Å². The number of likely N-dealkylation sites (N-methyl/N-ethyl adjacent to an activating group) is 1. The van der Waals surface area contributed by atoms with Crippen molar-refractivity contribution in [3.05, 3.63) is 42.2 Å². The molecule has 5 rings (SSSR count). The molecule has 1 saturated carbocycles. The molecule has 6 heteroatoms. The average Bonchev–Trinajstić information content (AvgIpc) is 3.11. The van der Waals surface area contributed by atoms with E-state index >= 15 is 0 Å². The minimum Gasteiger partial charge on any atom is -0.508 e. The molecule has 1 aromatic carbocycles. The van der Waals surface area contributed by atoms with Crippen molar-refractivity contribution in [1.29, 1.82) is 0 Å². The Hall–Kier alpha value is -2.60. The maximum Gasteiger partial charge on any atom is 0.165 e. The molecule has 1 aliphatic carbocycles. The molecular formula is C26H35N5O. The molecule has 1 saturated heterocycles. The van der Waals surface area contributed by atoms with Crippen LogP contribution in [0.2, 0.25) is 0 Å². The number of benzene rings is 1. The van der Waals surface area contributed by atoms with Gasteiger partial charge in [-0.1, -0.05) is 25.3 Å². The summed E-state index contributed by atoms with van der Waals surface area (Å²) in [4.78, 5) is 9.90. The van der Waals surface area contributed by atoms with E-state index in [0.717, 1.165) is 53.1 Å². The lowest BCUT2D eigenvalue weighted by Gasteiger charge is -2.32. The number of phenolic OH excluding ortho intramolecular Hbond substituents is 1. The Morgan fingerprint density at radius 3 is 2.75 bits per heavy atom. The first kappa shape index (κ1) is 21.3. The van der Waals surface area contributed by atoms with Crippen molar-refractivity contribution < 1.29 is 5.11 Å². The number of phenols is 1. The minimum absolute atomic E-state index is 0.260. The first-order valence-corrected chi connectivity index (χ1v) is 12.2. The van der Waals surface area contributed by atoms with Gasteiger partial charge in [0.25, 0.3) is 0 Å². The number of likely N-dealkylation sites (tertiary alicyclic amines) is 1. The number of anilines is 1. The van der Waals surface area contributed by atoms with Crippen LogP contribution in [0.3, 0.4) is 0 Å². The molecule has 2 fully saturated rings. The Kier molecular flexibility index (Phi) is 6.05. The molecule has 0 spiro atoms. The lowest BCUT2D eigenvalue weighted by atomic mass is 9.77. The highest BCUT2D eigenvalue weighted by molar-refractivity contribution is 5.80. The Morgan fingerprint density at radius 2 is 1.88 bits per heavy atom. The van der Waals surface area contributed by atoms with Crippen LogP contribution in [0.25, 0.3) is 16.8 Å². The molecule has 1 N–H and O–H groups in total. The zero-order chi connectivity index (χ0) is 22.1. The summed E-state index contributed by atoms with van der Waals surface area (Å²) in [6.45, 7) is 6.61. The molecule has 2 atom stereocenters. The molecule has 2 aliphatic rings. The molecular weight excluding hydrogens is 398 g/mol. The summed E-state index contributed by atoms with van der Waals surface area (Å²) in [7, 11) is 2.13. The Labute approximate surface area is 190 Å². The van der Waals surface area contributed by atoms with Gasteiger partial charge in [-0.2, -0.15) is 5.10 Å². The van der Waals surface area contributed by atoms with Gasteiger partial charge >= 0.3 is 0 Å². The quantitative estimate of drug-likeness (QED) is 0.629. The Morgan fingerprint density at radius 1 is 1.06 bits per heavy atom. The number of nitrogens with zero attached hydrogens (tertiary/aromatic N) is 5. The summed E-state index contributed by atoms with van der Waals surface area (Å²) >= 11 is 0. The van der Waals surface area contributed by atoms with Crippen LogP contribution < -0.4 is 4.90 Å². The highest BCUT2D eigenvalue weighted by Gasteiger charge is 2.29. The predicted molar refractivity (Wildman–Crippen MR) is 129 cm³/mol. The number of aryl methyl sites for hydroxylation is 1. The van der Waals surface area contributed by atoms with Crippen LogP contribution in [-0.4, -0.2) is 57.8 Å². The first-order chi connectivity index (χ1) is 15.6. The van der Waals surface area contributed by atoms with Crippen LogP contribution in [0.4, 0.5) is 5.82 Å². The fourth-order valence-electron chi connectivity index (χ4n) is 5.68. The summed E-state index contributed by atoms with van der Waals surface area (Å²) in [6, 6.07) is 7.48. The van der Waals surface area contributed by atoms with Gasteiger partial charge in [-0.3, -0.25) is 0 Å². The van der Waals surface area contributed by atoms with E-state index in [1.54, 1.807) is 12.1 Å². The maximum atomic E-state index is 9.98. The molecule has 0 amide bonds. The van der Waals surface area contributed by atoms with Gasteiger partial charge in [0.2, 0.25) is 0 Å². The van der Waals surface area contributed by atoms with Crippen LogP contribution in [0, 0.1) is 18.8 Å². The molecule has 2 aromatic heterocycles. The van der Waals surface area contributed by atoms with Crippen molar-refractivity contribution in [3.63, 3.8) is 0 Å². The normalized spacial score (nSPS) is 21.9. The van der Waals surface area contributed by atoms with Crippen molar-refractivity contribution in [2.24, 2.45) is 11.8 Å². The summed E-state index contributed by atoms with van der Waals surface area (Å²) in [6.07, 6.45) is 12.3. The topological polar surface area (TPSA) is 56.9 Å². The van der Waals surface area contributed by atoms with E-state index in [1.165, 1.54) is 51.6 Å². The second-order valence-corrected chi connectivity index (χ2v) is 9.78. The molecule has 32 heavy (non-hydrogen) atoms. The smallest absolute Gasteiger partial charge is 0.165 e. The molecule has 170 valence electrons. The first-order valence-electron chi connectivity index (χ1n) is 12.2. The molecule has 3 heterocycles. The monoisotopic (exact) mass is 433 g/mol. The Balaban J connectivity index is 1.30. The van der Waals surface area contributed by atoms with E-state index in [4.69, 9.17) is 4.98 Å². The van der Waals surface area contributed by atoms with Crippen LogP contribution in [0.1, 0.15) is 44.1 Å². The van der Waals surface area contributed by atoms with Gasteiger partial charge in [-0.05, 0) is 73.9 Å². The van der Waals surface area contributed by atoms with Crippen LogP contribution in [-0.2, 0) is 0 Å². The van der Waals surface area contributed by atoms with E-state index in [9.17, 15) is 5.11 Å². The van der Waals surface area contributed by atoms with Crippen molar-refractivity contribution in [2.75, 3.05) is 38.1 Å². The van der Waals surface area contributed by atoms with Crippen molar-refractivity contribution in [1.82, 2.24) is 19.5 Å². The van der Waals surface area contributed by atoms with Gasteiger partial charge in [-0.25, -0.2) is 9.50 Å². The summed E-state index contributed by atoms with van der Waals surface area (Å²) in [5.74, 6) is 3.10. The zero-order valence-corrected chi connectivity index (χ0v) is 19.4. The summed E-state index contributed by atoms with van der Waals surface area (Å²) in [5, 5.41) is 14.5. The lowest BCUT2D eigenvalue weighted by Crippen LogP contribution is -2.37. The van der Waals surface area contributed by atoms with E-state index in [2.05, 4.69) is 21.9 Å². The summed E-state index contributed by atoms with van der Waals surface area (Å²) in [5.41, 5.74) is 3.84. The van der Waals surface area contributed by atoms with Crippen molar-refractivity contribution >= 4 is 11.5 Å². The van der Waals surface area contributed by atoms with Gasteiger partial charge in [0.1, 0.15) is 11.6 Å². The molecule has 1 aliphatic heterocycles. The van der Waals surface area contributed by atoms with Crippen LogP contribution in [0.15, 0.2) is 36.7 Å². The van der Waals surface area contributed by atoms with E-state index in [1.807, 2.05) is 36.0 Å². The summed E-state index contributed by atoms with van der Waals surface area (Å²) < 4.78 is 1.81. The molecule has 0 radical (unpaired) electrons. The maximum absolute atomic E-state index is 9.98. The number of aromatic hydroxyl groups is 1. The number of aromatic nitrogens is 3. The van der Waals surface area contributed by atoms with Crippen LogP contribution in [0.5, 0.6) is 5.75 Å². The lowest BCUT2D eigenvalue weighted by molar-refractivity contribution is 0.183. The second-order valence-electron chi connectivity index (χ2n) is 9.78.